The summed E-state index contributed by atoms with van der Waals surface area (Å²) in [5.74, 6) is -0.0292. The minimum atomic E-state index is -0.623. The number of nitrogens with zero attached hydrogens (tertiary/aromatic N) is 3. The number of aryl methyl sites for hydroxylation is 1. The number of amides is 2. The maximum absolute atomic E-state index is 13.3. The minimum Gasteiger partial charge on any atom is -0.377 e. The van der Waals surface area contributed by atoms with Crippen LogP contribution in [-0.4, -0.2) is 45.8 Å². The lowest BCUT2D eigenvalue weighted by Gasteiger charge is -2.25. The maximum Gasteiger partial charge on any atom is 0.262 e. The molecule has 1 saturated heterocycles. The van der Waals surface area contributed by atoms with Crippen molar-refractivity contribution in [3.05, 3.63) is 57.3 Å². The van der Waals surface area contributed by atoms with E-state index in [1.165, 1.54) is 24.2 Å². The van der Waals surface area contributed by atoms with Crippen LogP contribution in [0, 0.1) is 12.8 Å². The van der Waals surface area contributed by atoms with Gasteiger partial charge in [-0.2, -0.15) is 5.10 Å². The van der Waals surface area contributed by atoms with E-state index >= 15 is 0 Å². The summed E-state index contributed by atoms with van der Waals surface area (Å²) in [5, 5.41) is 14.3. The summed E-state index contributed by atoms with van der Waals surface area (Å²) < 4.78 is 7.04. The topological polar surface area (TPSA) is 110 Å². The first-order chi connectivity index (χ1) is 18.4. The first-order valence-corrected chi connectivity index (χ1v) is 14.3. The molecule has 1 aliphatic carbocycles. The fraction of sp³-hybridized carbons (Fsp3) is 0.481. The van der Waals surface area contributed by atoms with Crippen molar-refractivity contribution in [2.24, 2.45) is 5.92 Å². The molecular weight excluding hydrogens is 524 g/mol. The van der Waals surface area contributed by atoms with Crippen molar-refractivity contribution < 1.29 is 14.3 Å². The normalized spacial score (nSPS) is 17.6. The van der Waals surface area contributed by atoms with E-state index in [9.17, 15) is 9.59 Å². The zero-order chi connectivity index (χ0) is 26.6. The van der Waals surface area contributed by atoms with Gasteiger partial charge in [0.15, 0.2) is 0 Å². The molecule has 0 spiro atoms. The third-order valence-corrected chi connectivity index (χ3v) is 8.71. The number of aromatic nitrogens is 3. The fourth-order valence-electron chi connectivity index (χ4n) is 4.91. The van der Waals surface area contributed by atoms with Crippen LogP contribution in [-0.2, 0) is 9.53 Å². The first-order valence-electron chi connectivity index (χ1n) is 13.1. The molecule has 1 aliphatic heterocycles. The van der Waals surface area contributed by atoms with E-state index in [1.807, 2.05) is 42.9 Å². The highest BCUT2D eigenvalue weighted by atomic mass is 35.5. The molecule has 2 amide bonds. The molecule has 202 valence electrons. The monoisotopic (exact) mass is 556 g/mol. The largest absolute Gasteiger partial charge is 0.377 e. The Balaban J connectivity index is 1.24. The third kappa shape index (κ3) is 6.36. The lowest BCUT2D eigenvalue weighted by Crippen LogP contribution is -2.44. The van der Waals surface area contributed by atoms with Gasteiger partial charge in [-0.3, -0.25) is 19.3 Å². The number of carbonyl (C=O) groups excluding carboxylic acids is 2. The van der Waals surface area contributed by atoms with Crippen LogP contribution in [0.4, 0.5) is 11.4 Å². The summed E-state index contributed by atoms with van der Waals surface area (Å²) in [6.07, 6.45) is 10.2. The fourth-order valence-corrected chi connectivity index (χ4v) is 5.98. The second-order valence-electron chi connectivity index (χ2n) is 10.2. The van der Waals surface area contributed by atoms with Crippen LogP contribution in [0.1, 0.15) is 71.4 Å². The predicted molar refractivity (Wildman–Crippen MR) is 149 cm³/mol. The second-order valence-corrected chi connectivity index (χ2v) is 11.7. The van der Waals surface area contributed by atoms with Crippen molar-refractivity contribution in [1.29, 1.82) is 0 Å². The van der Waals surface area contributed by atoms with Gasteiger partial charge in [-0.15, -0.1) is 11.3 Å². The summed E-state index contributed by atoms with van der Waals surface area (Å²) in [5.41, 5.74) is 2.32. The number of thiophene rings is 1. The number of anilines is 2. The standard InChI is InChI=1S/C27H33ClN6O3S/c1-16-22(10-19(28)11-29-16)31-17(2)24-7-8-25(38-24)27(36)33-23(9-18-5-3-4-6-18)26(35)32-20-12-30-34(13-20)21-14-37-15-21/h7-8,10-13,17-18,21,23,31H,3-6,9,14-15H2,1-2H3,(H,32,35)(H,33,36). The Morgan fingerprint density at radius 3 is 2.76 bits per heavy atom. The summed E-state index contributed by atoms with van der Waals surface area (Å²) >= 11 is 7.52. The third-order valence-electron chi connectivity index (χ3n) is 7.23. The second kappa shape index (κ2) is 11.8. The molecule has 5 rings (SSSR count). The molecule has 3 aromatic heterocycles. The van der Waals surface area contributed by atoms with Gasteiger partial charge < -0.3 is 20.7 Å². The number of rotatable bonds is 10. The molecule has 38 heavy (non-hydrogen) atoms. The quantitative estimate of drug-likeness (QED) is 0.310. The number of carbonyl (C=O) groups is 2. The van der Waals surface area contributed by atoms with Crippen LogP contribution in [0.5, 0.6) is 0 Å². The van der Waals surface area contributed by atoms with E-state index in [2.05, 4.69) is 26.0 Å². The van der Waals surface area contributed by atoms with E-state index < -0.39 is 6.04 Å². The Morgan fingerprint density at radius 1 is 1.24 bits per heavy atom. The van der Waals surface area contributed by atoms with Crippen molar-refractivity contribution in [3.8, 4) is 0 Å². The van der Waals surface area contributed by atoms with Gasteiger partial charge >= 0.3 is 0 Å². The first kappa shape index (κ1) is 26.6. The van der Waals surface area contributed by atoms with Gasteiger partial charge in [0.05, 0.1) is 58.5 Å². The number of hydrogen-bond acceptors (Lipinski definition) is 7. The molecule has 2 atom stereocenters. The van der Waals surface area contributed by atoms with E-state index in [1.54, 1.807) is 12.4 Å². The Bertz CT molecular complexity index is 1280. The molecule has 9 nitrogen and oxygen atoms in total. The summed E-state index contributed by atoms with van der Waals surface area (Å²) in [4.78, 5) is 32.4. The molecule has 3 aromatic rings. The molecule has 11 heteroatoms. The summed E-state index contributed by atoms with van der Waals surface area (Å²) in [7, 11) is 0. The molecule has 0 aromatic carbocycles. The molecule has 0 radical (unpaired) electrons. The zero-order valence-corrected chi connectivity index (χ0v) is 23.1. The SMILES string of the molecule is Cc1ncc(Cl)cc1NC(C)c1ccc(C(=O)NC(CC2CCCC2)C(=O)Nc2cnn(C3COC3)c2)s1. The molecule has 2 unspecified atom stereocenters. The maximum atomic E-state index is 13.3. The lowest BCUT2D eigenvalue weighted by molar-refractivity contribution is -0.118. The molecule has 2 fully saturated rings. The van der Waals surface area contributed by atoms with E-state index in [0.29, 0.717) is 41.1 Å². The van der Waals surface area contributed by atoms with Gasteiger partial charge in [0.2, 0.25) is 5.91 Å². The van der Waals surface area contributed by atoms with E-state index in [-0.39, 0.29) is 23.9 Å². The van der Waals surface area contributed by atoms with Gasteiger partial charge in [-0.05, 0) is 44.4 Å². The number of ether oxygens (including phenoxy) is 1. The highest BCUT2D eigenvalue weighted by molar-refractivity contribution is 7.14. The minimum absolute atomic E-state index is 0.0456. The average Bonchev–Trinajstić information content (AvgIpc) is 3.62. The molecular formula is C27H33ClN6O3S. The van der Waals surface area contributed by atoms with Crippen LogP contribution >= 0.6 is 22.9 Å². The highest BCUT2D eigenvalue weighted by Gasteiger charge is 2.28. The summed E-state index contributed by atoms with van der Waals surface area (Å²) in [6, 6.07) is 5.13. The number of nitrogens with one attached hydrogen (secondary N) is 3. The van der Waals surface area contributed by atoms with Gasteiger partial charge in [-0.25, -0.2) is 0 Å². The lowest BCUT2D eigenvalue weighted by atomic mass is 9.97. The highest BCUT2D eigenvalue weighted by Crippen LogP contribution is 2.31. The van der Waals surface area contributed by atoms with Gasteiger partial charge in [0, 0.05) is 17.3 Å². The van der Waals surface area contributed by atoms with Crippen LogP contribution < -0.4 is 16.0 Å². The van der Waals surface area contributed by atoms with Gasteiger partial charge in [0.25, 0.3) is 5.91 Å². The number of pyridine rings is 1. The van der Waals surface area contributed by atoms with Crippen molar-refractivity contribution in [2.45, 2.75) is 64.1 Å². The van der Waals surface area contributed by atoms with Crippen molar-refractivity contribution in [1.82, 2.24) is 20.1 Å². The van der Waals surface area contributed by atoms with E-state index in [0.717, 1.165) is 29.1 Å². The smallest absolute Gasteiger partial charge is 0.262 e. The predicted octanol–water partition coefficient (Wildman–Crippen LogP) is 5.36. The molecule has 1 saturated carbocycles. The average molecular weight is 557 g/mol. The van der Waals surface area contributed by atoms with Crippen molar-refractivity contribution in [3.63, 3.8) is 0 Å². The van der Waals surface area contributed by atoms with Crippen LogP contribution in [0.3, 0.4) is 0 Å². The van der Waals surface area contributed by atoms with Crippen molar-refractivity contribution >= 4 is 46.1 Å². The number of hydrogen-bond donors (Lipinski definition) is 3. The van der Waals surface area contributed by atoms with Gasteiger partial charge in [0.1, 0.15) is 6.04 Å². The molecule has 2 aliphatic rings. The molecule has 4 heterocycles. The Kier molecular flexibility index (Phi) is 8.30. The number of halogens is 1. The Labute approximate surface area is 231 Å². The zero-order valence-electron chi connectivity index (χ0n) is 21.6. The Morgan fingerprint density at radius 2 is 2.03 bits per heavy atom. The van der Waals surface area contributed by atoms with Crippen LogP contribution in [0.2, 0.25) is 5.02 Å². The van der Waals surface area contributed by atoms with Crippen LogP contribution in [0.15, 0.2) is 36.8 Å². The summed E-state index contributed by atoms with van der Waals surface area (Å²) in [6.45, 7) is 5.20. The van der Waals surface area contributed by atoms with Gasteiger partial charge in [-0.1, -0.05) is 37.3 Å². The molecule has 0 bridgehead atoms. The molecule has 3 N–H and O–H groups in total. The van der Waals surface area contributed by atoms with Crippen LogP contribution in [0.25, 0.3) is 0 Å². The Hall–Kier alpha value is -2.95. The van der Waals surface area contributed by atoms with E-state index in [4.69, 9.17) is 16.3 Å². The van der Waals surface area contributed by atoms with Crippen molar-refractivity contribution in [2.75, 3.05) is 23.8 Å².